The molecule has 0 saturated carbocycles. The molecule has 0 fully saturated rings. The molecule has 3 heteroatoms. The van der Waals surface area contributed by atoms with Gasteiger partial charge in [-0.25, -0.2) is 0 Å². The summed E-state index contributed by atoms with van der Waals surface area (Å²) in [5, 5.41) is 0. The summed E-state index contributed by atoms with van der Waals surface area (Å²) in [6.07, 6.45) is 0. The maximum absolute atomic E-state index is 2.42. The Bertz CT molecular complexity index is 68.1. The van der Waals surface area contributed by atoms with Crippen molar-refractivity contribution in [3.8, 4) is 0 Å². The van der Waals surface area contributed by atoms with E-state index in [4.69, 9.17) is 0 Å². The third-order valence-corrected chi connectivity index (χ3v) is 5.67. The minimum Gasteiger partial charge on any atom is -0.0857 e. The van der Waals surface area contributed by atoms with E-state index in [1.807, 2.05) is 0 Å². The molecule has 0 aromatic rings. The van der Waals surface area contributed by atoms with Crippen LogP contribution in [0.5, 0.6) is 0 Å². The standard InChI is InChI=1S/C5H8I3/c1-5(2,3-6)4(7)8/h3H2,1-2H3. The summed E-state index contributed by atoms with van der Waals surface area (Å²) in [5.74, 6) is 0. The molecule has 0 atom stereocenters. The minimum absolute atomic E-state index is 0.418. The second-order valence-electron chi connectivity index (χ2n) is 2.28. The first-order valence-electron chi connectivity index (χ1n) is 2.25. The first kappa shape index (κ1) is 10.2. The smallest absolute Gasteiger partial charge is 0.0857 e. The molecule has 0 spiro atoms. The predicted molar refractivity (Wildman–Crippen MR) is 64.0 cm³/mol. The van der Waals surface area contributed by atoms with Crippen molar-refractivity contribution in [2.45, 2.75) is 13.8 Å². The third kappa shape index (κ3) is 3.38. The second-order valence-corrected chi connectivity index (χ2v) is 7.26. The fraction of sp³-hybridized carbons (Fsp3) is 0.800. The molecule has 0 nitrogen and oxygen atoms in total. The van der Waals surface area contributed by atoms with E-state index < -0.39 is 0 Å². The fourth-order valence-corrected chi connectivity index (χ4v) is 2.27. The van der Waals surface area contributed by atoms with Crippen LogP contribution in [0.25, 0.3) is 0 Å². The van der Waals surface area contributed by atoms with Gasteiger partial charge < -0.3 is 0 Å². The molecule has 0 rings (SSSR count). The number of alkyl halides is 1. The molecule has 0 bridgehead atoms. The van der Waals surface area contributed by atoms with Crippen LogP contribution < -0.4 is 0 Å². The van der Waals surface area contributed by atoms with E-state index >= 15 is 0 Å². The molecule has 49 valence electrons. The molecule has 0 aromatic heterocycles. The van der Waals surface area contributed by atoms with E-state index in [0.717, 1.165) is 0 Å². The van der Waals surface area contributed by atoms with E-state index in [0.29, 0.717) is 5.41 Å². The molecular formula is C5H8I3. The van der Waals surface area contributed by atoms with Crippen LogP contribution in [0, 0.1) is 7.35 Å². The molecule has 0 aliphatic carbocycles. The SMILES string of the molecule is CC(C)(CI)[C](I)I. The topological polar surface area (TPSA) is 0 Å². The molecule has 0 heterocycles. The summed E-state index contributed by atoms with van der Waals surface area (Å²) >= 11 is 7.18. The highest BCUT2D eigenvalue weighted by molar-refractivity contribution is 14.2. The number of hydrogen-bond donors (Lipinski definition) is 0. The van der Waals surface area contributed by atoms with Crippen molar-refractivity contribution >= 4 is 67.8 Å². The van der Waals surface area contributed by atoms with Gasteiger partial charge in [-0.15, -0.1) is 0 Å². The van der Waals surface area contributed by atoms with Crippen LogP contribution in [0.15, 0.2) is 0 Å². The van der Waals surface area contributed by atoms with Crippen molar-refractivity contribution in [3.63, 3.8) is 0 Å². The van der Waals surface area contributed by atoms with Gasteiger partial charge in [-0.05, 0) is 5.41 Å². The molecule has 0 aromatic carbocycles. The molecule has 0 unspecified atom stereocenters. The Morgan fingerprint density at radius 2 is 1.75 bits per heavy atom. The summed E-state index contributed by atoms with van der Waals surface area (Å²) in [4.78, 5) is 0. The lowest BCUT2D eigenvalue weighted by atomic mass is 10.0. The average Bonchev–Trinajstić information content (AvgIpc) is 1.67. The highest BCUT2D eigenvalue weighted by atomic mass is 127. The van der Waals surface area contributed by atoms with Crippen LogP contribution >= 0.6 is 67.8 Å². The van der Waals surface area contributed by atoms with Crippen molar-refractivity contribution in [2.75, 3.05) is 4.43 Å². The van der Waals surface area contributed by atoms with E-state index in [2.05, 4.69) is 81.6 Å². The Kier molecular flexibility index (Phi) is 5.28. The summed E-state index contributed by atoms with van der Waals surface area (Å²) in [6.45, 7) is 4.52. The average molecular weight is 449 g/mol. The second kappa shape index (κ2) is 4.15. The van der Waals surface area contributed by atoms with Crippen LogP contribution in [0.1, 0.15) is 13.8 Å². The molecule has 8 heavy (non-hydrogen) atoms. The van der Waals surface area contributed by atoms with Crippen LogP contribution in [-0.4, -0.2) is 4.43 Å². The van der Waals surface area contributed by atoms with Gasteiger partial charge in [0, 0.05) is 4.43 Å². The first-order valence-corrected chi connectivity index (χ1v) is 5.93. The third-order valence-electron chi connectivity index (χ3n) is 0.846. The van der Waals surface area contributed by atoms with Gasteiger partial charge in [0.2, 0.25) is 0 Å². The van der Waals surface area contributed by atoms with Gasteiger partial charge in [-0.2, -0.15) is 0 Å². The highest BCUT2D eigenvalue weighted by Gasteiger charge is 2.23. The summed E-state index contributed by atoms with van der Waals surface area (Å²) in [6, 6.07) is 0. The molecule has 0 aliphatic heterocycles. The van der Waals surface area contributed by atoms with Crippen molar-refractivity contribution in [3.05, 3.63) is 1.93 Å². The molecule has 0 N–H and O–H groups in total. The summed E-state index contributed by atoms with van der Waals surface area (Å²) in [5.41, 5.74) is 0.418. The van der Waals surface area contributed by atoms with Crippen molar-refractivity contribution in [2.24, 2.45) is 5.41 Å². The van der Waals surface area contributed by atoms with Gasteiger partial charge in [-0.3, -0.25) is 0 Å². The summed E-state index contributed by atoms with van der Waals surface area (Å²) in [7, 11) is 0. The summed E-state index contributed by atoms with van der Waals surface area (Å²) < 4.78 is 2.66. The lowest BCUT2D eigenvalue weighted by molar-refractivity contribution is 0.549. The normalized spacial score (nSPS) is 12.8. The van der Waals surface area contributed by atoms with Crippen LogP contribution in [0.3, 0.4) is 0 Å². The van der Waals surface area contributed by atoms with E-state index in [-0.39, 0.29) is 0 Å². The van der Waals surface area contributed by atoms with E-state index in [9.17, 15) is 0 Å². The van der Waals surface area contributed by atoms with Crippen LogP contribution in [0.4, 0.5) is 0 Å². The van der Waals surface area contributed by atoms with E-state index in [1.165, 1.54) is 6.36 Å². The zero-order valence-corrected chi connectivity index (χ0v) is 11.3. The van der Waals surface area contributed by atoms with Crippen molar-refractivity contribution in [1.29, 1.82) is 0 Å². The monoisotopic (exact) mass is 449 g/mol. The van der Waals surface area contributed by atoms with Gasteiger partial charge >= 0.3 is 0 Å². The first-order chi connectivity index (χ1) is 3.50. The number of rotatable bonds is 2. The maximum Gasteiger partial charge on any atom is 0.103 e. The molecule has 0 aliphatic rings. The van der Waals surface area contributed by atoms with Crippen LogP contribution in [0.2, 0.25) is 0 Å². The molecular weight excluding hydrogens is 441 g/mol. The molecule has 0 amide bonds. The van der Waals surface area contributed by atoms with Gasteiger partial charge in [0.15, 0.2) is 0 Å². The molecule has 0 saturated heterocycles. The van der Waals surface area contributed by atoms with Gasteiger partial charge in [0.05, 0.1) is 0 Å². The Labute approximate surface area is 92.0 Å². The van der Waals surface area contributed by atoms with Crippen LogP contribution in [-0.2, 0) is 0 Å². The molecule has 1 radical (unpaired) electrons. The van der Waals surface area contributed by atoms with Crippen molar-refractivity contribution in [1.82, 2.24) is 0 Å². The number of halogens is 3. The lowest BCUT2D eigenvalue weighted by Crippen LogP contribution is -2.14. The van der Waals surface area contributed by atoms with Gasteiger partial charge in [0.1, 0.15) is 1.93 Å². The lowest BCUT2D eigenvalue weighted by Gasteiger charge is -2.22. The maximum atomic E-state index is 2.42. The predicted octanol–water partition coefficient (Wildman–Crippen LogP) is 3.81. The Hall–Kier alpha value is 2.19. The largest absolute Gasteiger partial charge is 0.103 e. The Morgan fingerprint density at radius 1 is 1.38 bits per heavy atom. The fourth-order valence-electron chi connectivity index (χ4n) is 0.0505. The highest BCUT2D eigenvalue weighted by Crippen LogP contribution is 2.40. The quantitative estimate of drug-likeness (QED) is 0.445. The zero-order chi connectivity index (χ0) is 6.78. The van der Waals surface area contributed by atoms with Crippen molar-refractivity contribution < 1.29 is 0 Å². The number of hydrogen-bond acceptors (Lipinski definition) is 0. The Balaban J connectivity index is 3.71. The van der Waals surface area contributed by atoms with Gasteiger partial charge in [-0.1, -0.05) is 81.6 Å². The Morgan fingerprint density at radius 3 is 1.75 bits per heavy atom. The minimum atomic E-state index is 0.418. The van der Waals surface area contributed by atoms with E-state index in [1.54, 1.807) is 0 Å². The van der Waals surface area contributed by atoms with Gasteiger partial charge in [0.25, 0.3) is 0 Å². The zero-order valence-electron chi connectivity index (χ0n) is 4.84.